The van der Waals surface area contributed by atoms with Crippen LogP contribution in [0.2, 0.25) is 0 Å². The second-order valence-corrected chi connectivity index (χ2v) is 9.15. The first-order chi connectivity index (χ1) is 14.5. The molecule has 4 rings (SSSR count). The number of nitrogens with zero attached hydrogens (tertiary/aromatic N) is 3. The Morgan fingerprint density at radius 1 is 1.10 bits per heavy atom. The topological polar surface area (TPSA) is 127 Å². The Morgan fingerprint density at radius 3 is 2.43 bits per heavy atom. The predicted octanol–water partition coefficient (Wildman–Crippen LogP) is 2.60. The molecular formula is C21H26N6O2S. The van der Waals surface area contributed by atoms with E-state index < -0.39 is 10.0 Å². The second-order valence-electron chi connectivity index (χ2n) is 7.65. The largest absolute Gasteiger partial charge is 0.317 e. The highest BCUT2D eigenvalue weighted by atomic mass is 32.2. The number of rotatable bonds is 6. The van der Waals surface area contributed by atoms with E-state index in [4.69, 9.17) is 5.14 Å². The lowest BCUT2D eigenvalue weighted by Gasteiger charge is -2.23. The molecular weight excluding hydrogens is 400 g/mol. The van der Waals surface area contributed by atoms with Gasteiger partial charge in [0, 0.05) is 0 Å². The number of piperidine rings is 1. The van der Waals surface area contributed by atoms with Crippen molar-refractivity contribution in [3.63, 3.8) is 0 Å². The summed E-state index contributed by atoms with van der Waals surface area (Å²) in [6.07, 6.45) is 3.62. The van der Waals surface area contributed by atoms with E-state index >= 15 is 0 Å². The highest BCUT2D eigenvalue weighted by molar-refractivity contribution is 7.89. The molecule has 8 nitrogen and oxygen atoms in total. The number of aromatic amines is 1. The fourth-order valence-corrected chi connectivity index (χ4v) is 5.26. The maximum absolute atomic E-state index is 12.6. The Hall–Kier alpha value is -2.62. The lowest BCUT2D eigenvalue weighted by molar-refractivity contribution is 0.460. The van der Waals surface area contributed by atoms with Crippen LogP contribution in [-0.4, -0.2) is 42.1 Å². The van der Waals surface area contributed by atoms with Crippen molar-refractivity contribution in [3.8, 4) is 22.5 Å². The Kier molecular flexibility index (Phi) is 5.94. The molecule has 1 aliphatic rings. The molecule has 0 atom stereocenters. The van der Waals surface area contributed by atoms with Gasteiger partial charge in [0.15, 0.2) is 0 Å². The summed E-state index contributed by atoms with van der Waals surface area (Å²) >= 11 is 0. The van der Waals surface area contributed by atoms with E-state index in [1.54, 1.807) is 0 Å². The Labute approximate surface area is 176 Å². The van der Waals surface area contributed by atoms with Crippen molar-refractivity contribution >= 4 is 10.0 Å². The molecule has 1 saturated heterocycles. The lowest BCUT2D eigenvalue weighted by Crippen LogP contribution is -2.26. The molecule has 9 heteroatoms. The third-order valence-electron chi connectivity index (χ3n) is 5.64. The summed E-state index contributed by atoms with van der Waals surface area (Å²) in [5.74, 6) is 0.762. The van der Waals surface area contributed by atoms with Gasteiger partial charge in [-0.05, 0) is 65.7 Å². The van der Waals surface area contributed by atoms with Gasteiger partial charge in [-0.3, -0.25) is 0 Å². The fraction of sp³-hybridized carbons (Fsp3) is 0.381. The predicted molar refractivity (Wildman–Crippen MR) is 115 cm³/mol. The number of aryl methyl sites for hydroxylation is 1. The molecule has 0 bridgehead atoms. The van der Waals surface area contributed by atoms with Gasteiger partial charge in [-0.25, -0.2) is 13.6 Å². The average molecular weight is 427 g/mol. The van der Waals surface area contributed by atoms with Crippen molar-refractivity contribution in [2.45, 2.75) is 43.4 Å². The van der Waals surface area contributed by atoms with E-state index in [9.17, 15) is 8.42 Å². The van der Waals surface area contributed by atoms with Crippen LogP contribution in [0.4, 0.5) is 0 Å². The van der Waals surface area contributed by atoms with Crippen LogP contribution >= 0.6 is 0 Å². The zero-order valence-corrected chi connectivity index (χ0v) is 17.7. The lowest BCUT2D eigenvalue weighted by atomic mass is 9.88. The van der Waals surface area contributed by atoms with Gasteiger partial charge in [-0.15, -0.1) is 10.2 Å². The van der Waals surface area contributed by atoms with Crippen LogP contribution in [0.1, 0.15) is 43.2 Å². The van der Waals surface area contributed by atoms with Gasteiger partial charge in [-0.1, -0.05) is 49.7 Å². The minimum Gasteiger partial charge on any atom is -0.317 e. The summed E-state index contributed by atoms with van der Waals surface area (Å²) in [5.41, 5.74) is 3.97. The van der Waals surface area contributed by atoms with Gasteiger partial charge in [0.2, 0.25) is 15.8 Å². The standard InChI is InChI=1S/C21H26N6O2S/c1-2-3-17-8-9-18(19(20(17)30(22,28)29)21-24-26-27-25-21)16-6-4-14(5-7-16)15-10-12-23-13-11-15/h4-9,15,23H,2-3,10-13H2,1H3,(H2,22,28,29)(H,24,25,26,27). The Bertz CT molecular complexity index is 1110. The minimum atomic E-state index is -4.00. The van der Waals surface area contributed by atoms with Gasteiger partial charge in [0.1, 0.15) is 0 Å². The van der Waals surface area contributed by atoms with Crippen molar-refractivity contribution in [2.24, 2.45) is 5.14 Å². The average Bonchev–Trinajstić information content (AvgIpc) is 3.28. The number of nitrogens with one attached hydrogen (secondary N) is 2. The van der Waals surface area contributed by atoms with Crippen LogP contribution in [0.25, 0.3) is 22.5 Å². The highest BCUT2D eigenvalue weighted by Gasteiger charge is 2.26. The smallest absolute Gasteiger partial charge is 0.239 e. The third-order valence-corrected chi connectivity index (χ3v) is 6.68. The van der Waals surface area contributed by atoms with Crippen LogP contribution in [-0.2, 0) is 16.4 Å². The minimum absolute atomic E-state index is 0.0747. The third kappa shape index (κ3) is 4.14. The monoisotopic (exact) mass is 426 g/mol. The van der Waals surface area contributed by atoms with E-state index in [-0.39, 0.29) is 10.7 Å². The summed E-state index contributed by atoms with van der Waals surface area (Å²) in [7, 11) is -4.00. The molecule has 1 aliphatic heterocycles. The van der Waals surface area contributed by atoms with Gasteiger partial charge < -0.3 is 5.32 Å². The summed E-state index contributed by atoms with van der Waals surface area (Å²) in [6, 6.07) is 12.1. The number of benzene rings is 2. The first-order valence-electron chi connectivity index (χ1n) is 10.2. The van der Waals surface area contributed by atoms with E-state index in [0.29, 0.717) is 23.5 Å². The zero-order valence-electron chi connectivity index (χ0n) is 16.9. The van der Waals surface area contributed by atoms with Gasteiger partial charge in [0.05, 0.1) is 10.5 Å². The second kappa shape index (κ2) is 8.63. The van der Waals surface area contributed by atoms with Crippen molar-refractivity contribution in [1.29, 1.82) is 0 Å². The van der Waals surface area contributed by atoms with Gasteiger partial charge in [-0.2, -0.15) is 5.21 Å². The van der Waals surface area contributed by atoms with Crippen LogP contribution in [0.15, 0.2) is 41.3 Å². The van der Waals surface area contributed by atoms with Crippen molar-refractivity contribution < 1.29 is 8.42 Å². The first kappa shape index (κ1) is 20.6. The fourth-order valence-electron chi connectivity index (χ4n) is 4.24. The number of sulfonamides is 1. The Morgan fingerprint density at radius 2 is 1.83 bits per heavy atom. The molecule has 2 aromatic carbocycles. The molecule has 0 radical (unpaired) electrons. The molecule has 4 N–H and O–H groups in total. The molecule has 30 heavy (non-hydrogen) atoms. The number of nitrogens with two attached hydrogens (primary N) is 1. The Balaban J connectivity index is 1.85. The van der Waals surface area contributed by atoms with Crippen molar-refractivity contribution in [3.05, 3.63) is 47.5 Å². The van der Waals surface area contributed by atoms with Crippen molar-refractivity contribution in [1.82, 2.24) is 25.9 Å². The zero-order chi connectivity index (χ0) is 21.1. The number of H-pyrrole nitrogens is 1. The summed E-state index contributed by atoms with van der Waals surface area (Å²) in [6.45, 7) is 4.06. The number of aromatic nitrogens is 4. The van der Waals surface area contributed by atoms with Crippen LogP contribution in [0.3, 0.4) is 0 Å². The van der Waals surface area contributed by atoms with Crippen LogP contribution in [0.5, 0.6) is 0 Å². The van der Waals surface area contributed by atoms with E-state index in [2.05, 4.69) is 38.1 Å². The number of hydrogen-bond acceptors (Lipinski definition) is 6. The van der Waals surface area contributed by atoms with Gasteiger partial charge >= 0.3 is 0 Å². The molecule has 1 aromatic heterocycles. The quantitative estimate of drug-likeness (QED) is 0.556. The molecule has 0 amide bonds. The summed E-state index contributed by atoms with van der Waals surface area (Å²) in [5, 5.41) is 23.2. The van der Waals surface area contributed by atoms with Crippen LogP contribution in [0, 0.1) is 0 Å². The van der Waals surface area contributed by atoms with Crippen molar-refractivity contribution in [2.75, 3.05) is 13.1 Å². The molecule has 0 aliphatic carbocycles. The number of tetrazole rings is 1. The molecule has 158 valence electrons. The molecule has 0 unspecified atom stereocenters. The molecule has 0 saturated carbocycles. The first-order valence-corrected chi connectivity index (χ1v) is 11.8. The summed E-state index contributed by atoms with van der Waals surface area (Å²) < 4.78 is 25.1. The van der Waals surface area contributed by atoms with E-state index in [1.165, 1.54) is 5.56 Å². The van der Waals surface area contributed by atoms with E-state index in [0.717, 1.165) is 43.5 Å². The van der Waals surface area contributed by atoms with Crippen LogP contribution < -0.4 is 10.5 Å². The molecule has 2 heterocycles. The van der Waals surface area contributed by atoms with Gasteiger partial charge in [0.25, 0.3) is 0 Å². The molecule has 3 aromatic rings. The maximum atomic E-state index is 12.6. The highest BCUT2D eigenvalue weighted by Crippen LogP contribution is 2.38. The SMILES string of the molecule is CCCc1ccc(-c2ccc(C3CCNCC3)cc2)c(-c2nn[nH]n2)c1S(N)(=O)=O. The summed E-state index contributed by atoms with van der Waals surface area (Å²) in [4.78, 5) is 0.0747. The molecule has 0 spiro atoms. The maximum Gasteiger partial charge on any atom is 0.239 e. The normalized spacial score (nSPS) is 15.4. The molecule has 1 fully saturated rings. The number of primary sulfonamides is 1. The number of hydrogen-bond donors (Lipinski definition) is 3. The van der Waals surface area contributed by atoms with E-state index in [1.807, 2.05) is 31.2 Å².